The average Bonchev–Trinajstić information content (AvgIpc) is 3.51. The fourth-order valence-electron chi connectivity index (χ4n) is 5.18. The smallest absolute Gasteiger partial charge is 0.123 e. The Morgan fingerprint density at radius 2 is 1.63 bits per heavy atom. The van der Waals surface area contributed by atoms with Crippen molar-refractivity contribution in [1.82, 2.24) is 19.5 Å². The summed E-state index contributed by atoms with van der Waals surface area (Å²) >= 11 is 0. The summed E-state index contributed by atoms with van der Waals surface area (Å²) in [7, 11) is 1.50. The van der Waals surface area contributed by atoms with Crippen LogP contribution in [0.25, 0.3) is 0 Å². The number of hydrazine groups is 1. The maximum absolute atomic E-state index is 11.8. The first-order chi connectivity index (χ1) is 22.2. The number of allylic oxidation sites excluding steroid dienone is 1. The number of carbonyl (C=O) groups excluding carboxylic acids is 1. The van der Waals surface area contributed by atoms with Crippen LogP contribution in [-0.4, -0.2) is 52.4 Å². The van der Waals surface area contributed by atoms with Crippen LogP contribution in [0.5, 0.6) is 0 Å². The van der Waals surface area contributed by atoms with Gasteiger partial charge in [-0.15, -0.1) is 0 Å². The highest BCUT2D eigenvalue weighted by molar-refractivity contribution is 5.55. The summed E-state index contributed by atoms with van der Waals surface area (Å²) in [5.41, 5.74) is 15.1. The molecule has 1 aliphatic heterocycles. The molecule has 0 aliphatic carbocycles. The monoisotopic (exact) mass is 644 g/mol. The van der Waals surface area contributed by atoms with Crippen molar-refractivity contribution in [2.45, 2.75) is 133 Å². The van der Waals surface area contributed by atoms with E-state index in [9.17, 15) is 4.79 Å². The number of piperidine rings is 1. The second kappa shape index (κ2) is 28.5. The van der Waals surface area contributed by atoms with Crippen molar-refractivity contribution in [2.24, 2.45) is 29.1 Å². The molecule has 1 saturated heterocycles. The normalized spacial score (nSPS) is 14.5. The first kappa shape index (κ1) is 45.4. The second-order valence-corrected chi connectivity index (χ2v) is 11.9. The van der Waals surface area contributed by atoms with E-state index in [0.717, 1.165) is 56.3 Å². The fourth-order valence-corrected chi connectivity index (χ4v) is 5.18. The van der Waals surface area contributed by atoms with Crippen molar-refractivity contribution in [3.05, 3.63) is 65.0 Å². The maximum Gasteiger partial charge on any atom is 0.123 e. The van der Waals surface area contributed by atoms with E-state index in [2.05, 4.69) is 81.1 Å². The van der Waals surface area contributed by atoms with Crippen molar-refractivity contribution in [2.75, 3.05) is 26.7 Å². The van der Waals surface area contributed by atoms with Gasteiger partial charge in [0.1, 0.15) is 12.1 Å². The molecule has 1 aromatic heterocycles. The van der Waals surface area contributed by atoms with Crippen LogP contribution in [0.15, 0.2) is 42.5 Å². The number of aryl methyl sites for hydroxylation is 1. The van der Waals surface area contributed by atoms with Crippen molar-refractivity contribution in [3.63, 3.8) is 0 Å². The highest BCUT2D eigenvalue weighted by atomic mass is 16.1. The number of aromatic nitrogens is 2. The largest absolute Gasteiger partial charge is 0.401 e. The number of rotatable bonds is 13. The molecule has 3 rings (SSSR count). The number of nitrogens with zero attached hydrogens (tertiary/aromatic N) is 4. The fraction of sp³-hybridized carbons (Fsp3) is 0.684. The number of hydrogen-bond donors (Lipinski definition) is 3. The average molecular weight is 644 g/mol. The summed E-state index contributed by atoms with van der Waals surface area (Å²) in [5, 5.41) is 1.59. The zero-order valence-corrected chi connectivity index (χ0v) is 31.7. The highest BCUT2D eigenvalue weighted by Crippen LogP contribution is 2.31. The van der Waals surface area contributed by atoms with E-state index in [1.165, 1.54) is 55.8 Å². The van der Waals surface area contributed by atoms with Crippen LogP contribution in [0.2, 0.25) is 0 Å². The van der Waals surface area contributed by atoms with Gasteiger partial charge < -0.3 is 25.8 Å². The highest BCUT2D eigenvalue weighted by Gasteiger charge is 2.22. The molecule has 266 valence electrons. The third-order valence-corrected chi connectivity index (χ3v) is 7.88. The molecule has 8 heteroatoms. The predicted molar refractivity (Wildman–Crippen MR) is 200 cm³/mol. The third-order valence-electron chi connectivity index (χ3n) is 7.88. The van der Waals surface area contributed by atoms with Crippen LogP contribution < -0.4 is 17.3 Å². The minimum absolute atomic E-state index is 0.0941. The molecule has 1 fully saturated rings. The lowest BCUT2D eigenvalue weighted by atomic mass is 9.83. The molecule has 2 aromatic rings. The number of carbonyl (C=O) groups is 1. The van der Waals surface area contributed by atoms with E-state index in [4.69, 9.17) is 16.6 Å². The van der Waals surface area contributed by atoms with E-state index < -0.39 is 0 Å². The molecule has 0 radical (unpaired) electrons. The van der Waals surface area contributed by atoms with Gasteiger partial charge in [0.2, 0.25) is 0 Å². The summed E-state index contributed by atoms with van der Waals surface area (Å²) in [6.45, 7) is 25.6. The Morgan fingerprint density at radius 3 is 2.15 bits per heavy atom. The van der Waals surface area contributed by atoms with Crippen molar-refractivity contribution < 1.29 is 4.79 Å². The van der Waals surface area contributed by atoms with Gasteiger partial charge in [0.15, 0.2) is 0 Å². The van der Waals surface area contributed by atoms with E-state index in [0.29, 0.717) is 13.0 Å². The molecule has 6 N–H and O–H groups in total. The number of nitrogens with two attached hydrogens (primary N) is 3. The summed E-state index contributed by atoms with van der Waals surface area (Å²) in [4.78, 5) is 19.0. The molecule has 2 heterocycles. The van der Waals surface area contributed by atoms with E-state index >= 15 is 0 Å². The van der Waals surface area contributed by atoms with Gasteiger partial charge in [-0.05, 0) is 88.2 Å². The minimum atomic E-state index is -0.0941. The molecule has 1 aliphatic rings. The van der Waals surface area contributed by atoms with Gasteiger partial charge in [0, 0.05) is 43.3 Å². The van der Waals surface area contributed by atoms with Gasteiger partial charge in [-0.2, -0.15) is 0 Å². The number of imidazole rings is 1. The Labute approximate surface area is 284 Å². The molecule has 1 aromatic carbocycles. The molecular formula is C38H73N7O. The van der Waals surface area contributed by atoms with Crippen molar-refractivity contribution >= 4 is 6.29 Å². The summed E-state index contributed by atoms with van der Waals surface area (Å²) in [6.07, 6.45) is 14.7. The van der Waals surface area contributed by atoms with Gasteiger partial charge >= 0.3 is 0 Å². The maximum atomic E-state index is 11.8. The molecule has 8 nitrogen and oxygen atoms in total. The first-order valence-corrected chi connectivity index (χ1v) is 18.0. The van der Waals surface area contributed by atoms with Crippen LogP contribution in [0.1, 0.15) is 136 Å². The Balaban J connectivity index is 0. The lowest BCUT2D eigenvalue weighted by Crippen LogP contribution is -2.34. The van der Waals surface area contributed by atoms with Gasteiger partial charge in [0.05, 0.1) is 6.54 Å². The predicted octanol–water partition coefficient (Wildman–Crippen LogP) is 7.99. The molecule has 0 spiro atoms. The summed E-state index contributed by atoms with van der Waals surface area (Å²) in [6, 6.07) is 6.62. The lowest BCUT2D eigenvalue weighted by molar-refractivity contribution is -0.111. The second-order valence-electron chi connectivity index (χ2n) is 11.9. The zero-order chi connectivity index (χ0) is 35.5. The van der Waals surface area contributed by atoms with Crippen LogP contribution >= 0.6 is 0 Å². The number of likely N-dealkylation sites (tertiary alicyclic amines) is 1. The van der Waals surface area contributed by atoms with Gasteiger partial charge in [-0.3, -0.25) is 4.90 Å². The number of benzene rings is 1. The molecule has 2 atom stereocenters. The molecule has 46 heavy (non-hydrogen) atoms. The molecule has 2 unspecified atom stereocenters. The minimum Gasteiger partial charge on any atom is -0.401 e. The quantitative estimate of drug-likeness (QED) is 0.115. The van der Waals surface area contributed by atoms with E-state index in [1.54, 1.807) is 11.2 Å². The Bertz CT molecular complexity index is 1030. The van der Waals surface area contributed by atoms with Crippen LogP contribution in [0, 0.1) is 18.8 Å². The topological polar surface area (TPSA) is 119 Å². The van der Waals surface area contributed by atoms with Crippen LogP contribution in [0.4, 0.5) is 0 Å². The third kappa shape index (κ3) is 17.9. The van der Waals surface area contributed by atoms with E-state index in [-0.39, 0.29) is 11.8 Å². The summed E-state index contributed by atoms with van der Waals surface area (Å²) < 4.78 is 2.28. The Hall–Kier alpha value is -2.68. The molecule has 0 amide bonds. The molecular weight excluding hydrogens is 570 g/mol. The standard InChI is InChI=1S/C29H46N6O.2C3H8.C2H6.CH5N/c1-5-24-11-14-33(15-12-24)20-29-32-13-16-34(29)18-26-17-25(8-7-22(26)3)28(23(4)21-36)10-9-27(30)19-35(31)6-2;2*1-3-2;2*1-2/h7-8,13,16-17,19,21,23-24,28H,5-6,9-12,14-15,18,20,30-31H2,1-4H3;2*3H2,1-2H3;1-2H3;2H2,1H3/b27-19-;;;;. The SMILES string of the molecule is CC.CCC.CCC.CCC1CCN(Cc2nccn2Cc2cc(C(CC/C(N)=C/N(N)CC)C(C)C=O)ccc2C)CC1.CN. The van der Waals surface area contributed by atoms with Crippen molar-refractivity contribution in [1.29, 1.82) is 0 Å². The lowest BCUT2D eigenvalue weighted by Gasteiger charge is -2.31. The van der Waals surface area contributed by atoms with Gasteiger partial charge in [-0.1, -0.05) is 92.9 Å². The Kier molecular flexibility index (Phi) is 28.2. The van der Waals surface area contributed by atoms with E-state index in [1.807, 2.05) is 33.9 Å². The number of hydrogen-bond acceptors (Lipinski definition) is 7. The van der Waals surface area contributed by atoms with Crippen LogP contribution in [-0.2, 0) is 17.9 Å². The molecule has 0 saturated carbocycles. The van der Waals surface area contributed by atoms with Crippen molar-refractivity contribution in [3.8, 4) is 0 Å². The van der Waals surface area contributed by atoms with Gasteiger partial charge in [-0.25, -0.2) is 10.8 Å². The van der Waals surface area contributed by atoms with Gasteiger partial charge in [0.25, 0.3) is 0 Å². The molecule has 0 bridgehead atoms. The summed E-state index contributed by atoms with van der Waals surface area (Å²) in [5.74, 6) is 7.87. The zero-order valence-electron chi connectivity index (χ0n) is 31.7. The number of aldehydes is 1. The van der Waals surface area contributed by atoms with Crippen LogP contribution in [0.3, 0.4) is 0 Å². The Morgan fingerprint density at radius 1 is 1.04 bits per heavy atom. The first-order valence-electron chi connectivity index (χ1n) is 18.0.